The highest BCUT2D eigenvalue weighted by Crippen LogP contribution is 2.24. The molecule has 17 heavy (non-hydrogen) atoms. The number of imide groups is 1. The van der Waals surface area contributed by atoms with Crippen LogP contribution in [0.25, 0.3) is 0 Å². The first-order chi connectivity index (χ1) is 8.06. The molecule has 4 nitrogen and oxygen atoms in total. The first-order valence-corrected chi connectivity index (χ1v) is 5.25. The first-order valence-electron chi connectivity index (χ1n) is 4.87. The first kappa shape index (κ1) is 11.5. The molecule has 1 aromatic carbocycles. The number of rotatable bonds is 3. The summed E-state index contributed by atoms with van der Waals surface area (Å²) in [6, 6.07) is 4.21. The van der Waals surface area contributed by atoms with Gasteiger partial charge in [-0.15, -0.1) is 6.58 Å². The zero-order valence-corrected chi connectivity index (χ0v) is 9.53. The van der Waals surface area contributed by atoms with E-state index in [1.54, 1.807) is 0 Å². The van der Waals surface area contributed by atoms with Gasteiger partial charge in [-0.25, -0.2) is 0 Å². The number of carbonyl (C=O) groups excluding carboxylic acids is 3. The second-order valence-electron chi connectivity index (χ2n) is 3.54. The summed E-state index contributed by atoms with van der Waals surface area (Å²) in [6.07, 6.45) is 1.47. The highest BCUT2D eigenvalue weighted by Gasteiger charge is 2.34. The van der Waals surface area contributed by atoms with Gasteiger partial charge in [0, 0.05) is 12.1 Å². The minimum absolute atomic E-state index is 0.149. The highest BCUT2D eigenvalue weighted by atomic mass is 35.5. The fourth-order valence-electron chi connectivity index (χ4n) is 1.71. The minimum atomic E-state index is -0.657. The van der Waals surface area contributed by atoms with Crippen molar-refractivity contribution in [2.24, 2.45) is 0 Å². The molecule has 86 valence electrons. The Balaban J connectivity index is 2.50. The van der Waals surface area contributed by atoms with E-state index in [0.29, 0.717) is 5.56 Å². The number of halogens is 1. The molecule has 2 amide bonds. The van der Waals surface area contributed by atoms with Crippen molar-refractivity contribution in [3.63, 3.8) is 0 Å². The Morgan fingerprint density at radius 1 is 1.29 bits per heavy atom. The fraction of sp³-hybridized carbons (Fsp3) is 0.0833. The Bertz CT molecular complexity index is 551. The van der Waals surface area contributed by atoms with Crippen LogP contribution in [-0.4, -0.2) is 28.5 Å². The van der Waals surface area contributed by atoms with Crippen molar-refractivity contribution in [2.75, 3.05) is 6.54 Å². The zero-order valence-electron chi connectivity index (χ0n) is 8.77. The van der Waals surface area contributed by atoms with Gasteiger partial charge in [-0.2, -0.15) is 0 Å². The topological polar surface area (TPSA) is 54.5 Å². The van der Waals surface area contributed by atoms with Gasteiger partial charge in [-0.3, -0.25) is 19.3 Å². The van der Waals surface area contributed by atoms with Gasteiger partial charge in [0.2, 0.25) is 0 Å². The molecule has 0 radical (unpaired) electrons. The molecule has 0 aliphatic carbocycles. The second kappa shape index (κ2) is 4.14. The summed E-state index contributed by atoms with van der Waals surface area (Å²) in [5.74, 6) is -0.803. The number of fused-ring (bicyclic) bond motifs is 1. The molecule has 0 bridgehead atoms. The van der Waals surface area contributed by atoms with Gasteiger partial charge in [0.15, 0.2) is 0 Å². The maximum Gasteiger partial charge on any atom is 0.261 e. The monoisotopic (exact) mass is 249 g/mol. The van der Waals surface area contributed by atoms with Crippen molar-refractivity contribution in [1.29, 1.82) is 0 Å². The van der Waals surface area contributed by atoms with Crippen LogP contribution in [0.15, 0.2) is 30.9 Å². The molecule has 5 heteroatoms. The van der Waals surface area contributed by atoms with Gasteiger partial charge in [0.1, 0.15) is 0 Å². The van der Waals surface area contributed by atoms with E-state index in [2.05, 4.69) is 6.58 Å². The molecule has 1 aliphatic rings. The maximum atomic E-state index is 11.9. The lowest BCUT2D eigenvalue weighted by Gasteiger charge is -2.09. The lowest BCUT2D eigenvalue weighted by molar-refractivity contribution is 0.0672. The Hall–Kier alpha value is -1.94. The summed E-state index contributed by atoms with van der Waals surface area (Å²) in [4.78, 5) is 35.7. The molecule has 0 N–H and O–H groups in total. The Kier molecular flexibility index (Phi) is 2.81. The third kappa shape index (κ3) is 1.76. The molecule has 2 rings (SSSR count). The fourth-order valence-corrected chi connectivity index (χ4v) is 1.83. The molecule has 1 aliphatic heterocycles. The normalized spacial score (nSPS) is 13.8. The summed E-state index contributed by atoms with van der Waals surface area (Å²) in [5.41, 5.74) is 0.703. The molecular weight excluding hydrogens is 242 g/mol. The van der Waals surface area contributed by atoms with Gasteiger partial charge in [0.25, 0.3) is 17.1 Å². The van der Waals surface area contributed by atoms with Crippen LogP contribution in [0, 0.1) is 0 Å². The van der Waals surface area contributed by atoms with Crippen molar-refractivity contribution in [1.82, 2.24) is 4.90 Å². The van der Waals surface area contributed by atoms with Gasteiger partial charge in [0.05, 0.1) is 11.1 Å². The third-order valence-electron chi connectivity index (χ3n) is 2.51. The quantitative estimate of drug-likeness (QED) is 0.467. The van der Waals surface area contributed by atoms with Gasteiger partial charge in [-0.1, -0.05) is 6.08 Å². The molecule has 0 unspecified atom stereocenters. The summed E-state index contributed by atoms with van der Waals surface area (Å²) in [5, 5.41) is -0.657. The van der Waals surface area contributed by atoms with Gasteiger partial charge in [-0.05, 0) is 29.8 Å². The standard InChI is InChI=1S/C12H8ClNO3/c1-2-5-14-11(16)8-4-3-7(10(13)15)6-9(8)12(14)17/h2-4,6H,1,5H2. The average molecular weight is 250 g/mol. The minimum Gasteiger partial charge on any atom is -0.276 e. The van der Waals surface area contributed by atoms with E-state index in [0.717, 1.165) is 4.90 Å². The van der Waals surface area contributed by atoms with Crippen molar-refractivity contribution in [2.45, 2.75) is 0 Å². The molecule has 0 fully saturated rings. The Morgan fingerprint density at radius 3 is 2.53 bits per heavy atom. The zero-order chi connectivity index (χ0) is 12.6. The maximum absolute atomic E-state index is 11.9. The van der Waals surface area contributed by atoms with E-state index in [9.17, 15) is 14.4 Å². The molecule has 1 aromatic rings. The molecule has 0 atom stereocenters. The van der Waals surface area contributed by atoms with E-state index < -0.39 is 11.1 Å². The highest BCUT2D eigenvalue weighted by molar-refractivity contribution is 6.67. The van der Waals surface area contributed by atoms with Crippen LogP contribution in [0.1, 0.15) is 31.1 Å². The molecule has 0 aromatic heterocycles. The van der Waals surface area contributed by atoms with Crippen molar-refractivity contribution < 1.29 is 14.4 Å². The molecule has 1 heterocycles. The summed E-state index contributed by atoms with van der Waals surface area (Å²) >= 11 is 5.32. The van der Waals surface area contributed by atoms with Crippen LogP contribution in [0.5, 0.6) is 0 Å². The number of hydrogen-bond donors (Lipinski definition) is 0. The van der Waals surface area contributed by atoms with Crippen LogP contribution in [0.4, 0.5) is 0 Å². The Labute approximate surface area is 102 Å². The average Bonchev–Trinajstić information content (AvgIpc) is 2.54. The van der Waals surface area contributed by atoms with Crippen LogP contribution in [-0.2, 0) is 0 Å². The number of amides is 2. The van der Waals surface area contributed by atoms with E-state index in [1.165, 1.54) is 24.3 Å². The third-order valence-corrected chi connectivity index (χ3v) is 2.73. The number of hydrogen-bond acceptors (Lipinski definition) is 3. The number of benzene rings is 1. The van der Waals surface area contributed by atoms with Crippen molar-refractivity contribution >= 4 is 28.7 Å². The van der Waals surface area contributed by atoms with Gasteiger partial charge < -0.3 is 0 Å². The predicted molar refractivity (Wildman–Crippen MR) is 62.2 cm³/mol. The van der Waals surface area contributed by atoms with E-state index in [-0.39, 0.29) is 23.6 Å². The smallest absolute Gasteiger partial charge is 0.261 e. The van der Waals surface area contributed by atoms with Crippen LogP contribution < -0.4 is 0 Å². The van der Waals surface area contributed by atoms with E-state index in [4.69, 9.17) is 11.6 Å². The predicted octanol–water partition coefficient (Wildman–Crippen LogP) is 1.85. The Morgan fingerprint density at radius 2 is 1.94 bits per heavy atom. The summed E-state index contributed by atoms with van der Waals surface area (Å²) in [6.45, 7) is 3.63. The molecular formula is C12H8ClNO3. The number of nitrogens with zero attached hydrogens (tertiary/aromatic N) is 1. The lowest BCUT2D eigenvalue weighted by atomic mass is 10.1. The number of carbonyl (C=O) groups is 3. The largest absolute Gasteiger partial charge is 0.276 e. The molecule has 0 saturated carbocycles. The lowest BCUT2D eigenvalue weighted by Crippen LogP contribution is -2.29. The van der Waals surface area contributed by atoms with E-state index >= 15 is 0 Å². The molecule has 0 spiro atoms. The summed E-state index contributed by atoms with van der Waals surface area (Å²) < 4.78 is 0. The second-order valence-corrected chi connectivity index (χ2v) is 3.89. The van der Waals surface area contributed by atoms with Crippen molar-refractivity contribution in [3.8, 4) is 0 Å². The molecule has 0 saturated heterocycles. The van der Waals surface area contributed by atoms with Crippen LogP contribution >= 0.6 is 11.6 Å². The SMILES string of the molecule is C=CCN1C(=O)c2ccc(C(=O)Cl)cc2C1=O. The summed E-state index contributed by atoms with van der Waals surface area (Å²) in [7, 11) is 0. The van der Waals surface area contributed by atoms with E-state index in [1.807, 2.05) is 0 Å². The van der Waals surface area contributed by atoms with Crippen LogP contribution in [0.2, 0.25) is 0 Å². The van der Waals surface area contributed by atoms with Gasteiger partial charge >= 0.3 is 0 Å². The van der Waals surface area contributed by atoms with Crippen LogP contribution in [0.3, 0.4) is 0 Å². The van der Waals surface area contributed by atoms with Crippen molar-refractivity contribution in [3.05, 3.63) is 47.5 Å².